The zero-order valence-corrected chi connectivity index (χ0v) is 12.3. The maximum absolute atomic E-state index is 9.49. The van der Waals surface area contributed by atoms with Gasteiger partial charge in [0.2, 0.25) is 0 Å². The summed E-state index contributed by atoms with van der Waals surface area (Å²) >= 11 is 0. The van der Waals surface area contributed by atoms with Crippen LogP contribution in [0.2, 0.25) is 0 Å². The van der Waals surface area contributed by atoms with Crippen molar-refractivity contribution in [2.75, 3.05) is 20.8 Å². The summed E-state index contributed by atoms with van der Waals surface area (Å²) in [6.07, 6.45) is 2.30. The molecule has 0 bridgehead atoms. The SMILES string of the molecule is COc1nc(CCOc2cc(C)cnc2OC)ccc1O. The molecule has 0 atom stereocenters. The van der Waals surface area contributed by atoms with Crippen LogP contribution in [0.4, 0.5) is 0 Å². The Morgan fingerprint density at radius 3 is 2.62 bits per heavy atom. The first-order valence-electron chi connectivity index (χ1n) is 6.50. The predicted molar refractivity (Wildman–Crippen MR) is 77.2 cm³/mol. The van der Waals surface area contributed by atoms with Crippen molar-refractivity contribution in [3.8, 4) is 23.3 Å². The minimum absolute atomic E-state index is 0.0201. The molecule has 0 fully saturated rings. The van der Waals surface area contributed by atoms with Gasteiger partial charge in [0.25, 0.3) is 11.8 Å². The first-order chi connectivity index (χ1) is 10.1. The molecular formula is C15H18N2O4. The van der Waals surface area contributed by atoms with Gasteiger partial charge in [0.1, 0.15) is 0 Å². The van der Waals surface area contributed by atoms with Crippen LogP contribution in [0, 0.1) is 6.92 Å². The van der Waals surface area contributed by atoms with Gasteiger partial charge in [0.05, 0.1) is 20.8 Å². The number of rotatable bonds is 6. The molecule has 2 aromatic heterocycles. The molecule has 0 spiro atoms. The van der Waals surface area contributed by atoms with Crippen LogP contribution < -0.4 is 14.2 Å². The average molecular weight is 290 g/mol. The first kappa shape index (κ1) is 14.9. The highest BCUT2D eigenvalue weighted by Gasteiger charge is 2.08. The van der Waals surface area contributed by atoms with Crippen LogP contribution in [0.25, 0.3) is 0 Å². The van der Waals surface area contributed by atoms with Crippen molar-refractivity contribution in [3.63, 3.8) is 0 Å². The summed E-state index contributed by atoms with van der Waals surface area (Å²) in [6.45, 7) is 2.36. The van der Waals surface area contributed by atoms with Gasteiger partial charge in [0.15, 0.2) is 11.5 Å². The largest absolute Gasteiger partial charge is 0.503 e. The molecular weight excluding hydrogens is 272 g/mol. The molecule has 6 nitrogen and oxygen atoms in total. The Balaban J connectivity index is 2.00. The second-order valence-electron chi connectivity index (χ2n) is 4.45. The average Bonchev–Trinajstić information content (AvgIpc) is 2.49. The lowest BCUT2D eigenvalue weighted by Crippen LogP contribution is -2.05. The van der Waals surface area contributed by atoms with Crippen molar-refractivity contribution in [1.82, 2.24) is 9.97 Å². The van der Waals surface area contributed by atoms with Crippen LogP contribution in [0.1, 0.15) is 11.3 Å². The normalized spacial score (nSPS) is 10.2. The highest BCUT2D eigenvalue weighted by molar-refractivity contribution is 5.36. The van der Waals surface area contributed by atoms with Crippen LogP contribution in [-0.4, -0.2) is 35.9 Å². The fraction of sp³-hybridized carbons (Fsp3) is 0.333. The van der Waals surface area contributed by atoms with Gasteiger partial charge in [0, 0.05) is 18.3 Å². The minimum atomic E-state index is 0.0201. The van der Waals surface area contributed by atoms with Gasteiger partial charge >= 0.3 is 0 Å². The topological polar surface area (TPSA) is 73.7 Å². The molecule has 0 amide bonds. The first-order valence-corrected chi connectivity index (χ1v) is 6.50. The molecule has 2 rings (SSSR count). The van der Waals surface area contributed by atoms with E-state index in [1.54, 1.807) is 25.4 Å². The van der Waals surface area contributed by atoms with Crippen molar-refractivity contribution < 1.29 is 19.3 Å². The van der Waals surface area contributed by atoms with E-state index in [-0.39, 0.29) is 11.6 Å². The molecule has 2 heterocycles. The lowest BCUT2D eigenvalue weighted by Gasteiger charge is -2.10. The molecule has 0 saturated carbocycles. The van der Waals surface area contributed by atoms with Gasteiger partial charge in [-0.3, -0.25) is 0 Å². The Labute approximate surface area is 123 Å². The van der Waals surface area contributed by atoms with Crippen molar-refractivity contribution in [2.45, 2.75) is 13.3 Å². The third-order valence-electron chi connectivity index (χ3n) is 2.86. The quantitative estimate of drug-likeness (QED) is 0.878. The Morgan fingerprint density at radius 1 is 1.14 bits per heavy atom. The second kappa shape index (κ2) is 6.78. The van der Waals surface area contributed by atoms with Gasteiger partial charge in [-0.15, -0.1) is 0 Å². The summed E-state index contributed by atoms with van der Waals surface area (Å²) in [6, 6.07) is 5.15. The monoisotopic (exact) mass is 290 g/mol. The van der Waals surface area contributed by atoms with Crippen LogP contribution >= 0.6 is 0 Å². The van der Waals surface area contributed by atoms with E-state index >= 15 is 0 Å². The predicted octanol–water partition coefficient (Wildman–Crippen LogP) is 2.13. The maximum Gasteiger partial charge on any atom is 0.256 e. The fourth-order valence-electron chi connectivity index (χ4n) is 1.81. The van der Waals surface area contributed by atoms with Gasteiger partial charge in [-0.1, -0.05) is 0 Å². The molecule has 6 heteroatoms. The van der Waals surface area contributed by atoms with E-state index in [1.807, 2.05) is 13.0 Å². The zero-order valence-electron chi connectivity index (χ0n) is 12.3. The summed E-state index contributed by atoms with van der Waals surface area (Å²) in [5.74, 6) is 1.29. The molecule has 0 aliphatic rings. The third-order valence-corrected chi connectivity index (χ3v) is 2.86. The Hall–Kier alpha value is -2.50. The van der Waals surface area contributed by atoms with Gasteiger partial charge in [-0.25, -0.2) is 9.97 Å². The molecule has 0 aromatic carbocycles. The molecule has 21 heavy (non-hydrogen) atoms. The summed E-state index contributed by atoms with van der Waals surface area (Å²) in [4.78, 5) is 8.33. The molecule has 1 N–H and O–H groups in total. The molecule has 0 radical (unpaired) electrons. The van der Waals surface area contributed by atoms with Crippen LogP contribution in [0.5, 0.6) is 23.3 Å². The lowest BCUT2D eigenvalue weighted by atomic mass is 10.2. The number of nitrogens with zero attached hydrogens (tertiary/aromatic N) is 2. The van der Waals surface area contributed by atoms with Crippen molar-refractivity contribution in [3.05, 3.63) is 35.7 Å². The highest BCUT2D eigenvalue weighted by Crippen LogP contribution is 2.25. The number of aromatic nitrogens is 2. The number of aromatic hydroxyl groups is 1. The van der Waals surface area contributed by atoms with E-state index < -0.39 is 0 Å². The minimum Gasteiger partial charge on any atom is -0.503 e. The molecule has 0 unspecified atom stereocenters. The van der Waals surface area contributed by atoms with E-state index in [2.05, 4.69) is 9.97 Å². The van der Waals surface area contributed by atoms with Crippen molar-refractivity contribution in [2.24, 2.45) is 0 Å². The molecule has 0 aliphatic carbocycles. The summed E-state index contributed by atoms with van der Waals surface area (Å²) in [5.41, 5.74) is 1.76. The summed E-state index contributed by atoms with van der Waals surface area (Å²) in [5, 5.41) is 9.49. The number of pyridine rings is 2. The molecule has 2 aromatic rings. The fourth-order valence-corrected chi connectivity index (χ4v) is 1.81. The van der Waals surface area contributed by atoms with Gasteiger partial charge in [-0.2, -0.15) is 0 Å². The summed E-state index contributed by atoms with van der Waals surface area (Å²) < 4.78 is 15.8. The lowest BCUT2D eigenvalue weighted by molar-refractivity contribution is 0.289. The Kier molecular flexibility index (Phi) is 4.81. The smallest absolute Gasteiger partial charge is 0.256 e. The van der Waals surface area contributed by atoms with Crippen LogP contribution in [0.3, 0.4) is 0 Å². The van der Waals surface area contributed by atoms with Crippen molar-refractivity contribution in [1.29, 1.82) is 0 Å². The third kappa shape index (κ3) is 3.75. The van der Waals surface area contributed by atoms with Crippen LogP contribution in [0.15, 0.2) is 24.4 Å². The number of hydrogen-bond acceptors (Lipinski definition) is 6. The Morgan fingerprint density at radius 2 is 1.90 bits per heavy atom. The van der Waals surface area contributed by atoms with Crippen molar-refractivity contribution >= 4 is 0 Å². The van der Waals surface area contributed by atoms with Crippen LogP contribution in [-0.2, 0) is 6.42 Å². The molecule has 0 aliphatic heterocycles. The standard InChI is InChI=1S/C15H18N2O4/c1-10-8-13(15(20-3)16-9-10)21-7-6-11-4-5-12(18)14(17-11)19-2/h4-5,8-9,18H,6-7H2,1-3H3. The van der Waals surface area contributed by atoms with Gasteiger partial charge < -0.3 is 19.3 Å². The van der Waals surface area contributed by atoms with E-state index in [1.165, 1.54) is 7.11 Å². The zero-order chi connectivity index (χ0) is 15.2. The van der Waals surface area contributed by atoms with Gasteiger partial charge in [-0.05, 0) is 30.7 Å². The number of aryl methyl sites for hydroxylation is 1. The molecule has 0 saturated heterocycles. The Bertz CT molecular complexity index is 617. The number of hydrogen-bond donors (Lipinski definition) is 1. The number of ether oxygens (including phenoxy) is 3. The maximum atomic E-state index is 9.49. The molecule has 112 valence electrons. The van der Waals surface area contributed by atoms with E-state index in [9.17, 15) is 5.11 Å². The van der Waals surface area contributed by atoms with E-state index in [4.69, 9.17) is 14.2 Å². The second-order valence-corrected chi connectivity index (χ2v) is 4.45. The summed E-state index contributed by atoms with van der Waals surface area (Å²) in [7, 11) is 3.02. The number of methoxy groups -OCH3 is 2. The van der Waals surface area contributed by atoms with E-state index in [0.717, 1.165) is 11.3 Å². The van der Waals surface area contributed by atoms with E-state index in [0.29, 0.717) is 24.7 Å². The highest BCUT2D eigenvalue weighted by atomic mass is 16.5.